The first-order valence-electron chi connectivity index (χ1n) is 17.9. The average molecular weight is 659 g/mol. The van der Waals surface area contributed by atoms with Crippen molar-refractivity contribution in [1.82, 2.24) is 0 Å². The first kappa shape index (κ1) is 29.7. The van der Waals surface area contributed by atoms with E-state index < -0.39 is 0 Å². The monoisotopic (exact) mass is 658 g/mol. The molecule has 0 radical (unpaired) electrons. The highest BCUT2D eigenvalue weighted by atomic mass is 32.1. The lowest BCUT2D eigenvalue weighted by atomic mass is 9.80. The van der Waals surface area contributed by atoms with Gasteiger partial charge in [-0.1, -0.05) is 129 Å². The van der Waals surface area contributed by atoms with E-state index in [0.29, 0.717) is 0 Å². The van der Waals surface area contributed by atoms with Crippen LogP contribution in [0.4, 0.5) is 0 Å². The molecule has 0 aliphatic heterocycles. The number of hydrogen-bond acceptors (Lipinski definition) is 1. The second kappa shape index (κ2) is 10.9. The van der Waals surface area contributed by atoms with Gasteiger partial charge >= 0.3 is 0 Å². The van der Waals surface area contributed by atoms with Crippen molar-refractivity contribution < 1.29 is 0 Å². The SMILES string of the molecule is C/C=C\c1c(C)sc2cc3c4c(ccc3cc12)C(C)(C)c1cc(-c2c3ccccc3c(-c3ccc5c(c3)CCC=C5)c3ccccc23)ccc1-4. The van der Waals surface area contributed by atoms with Gasteiger partial charge in [-0.15, -0.1) is 11.3 Å². The summed E-state index contributed by atoms with van der Waals surface area (Å²) in [7, 11) is 0. The summed E-state index contributed by atoms with van der Waals surface area (Å²) in [5, 5.41) is 9.29. The van der Waals surface area contributed by atoms with Crippen molar-refractivity contribution in [3.63, 3.8) is 0 Å². The minimum atomic E-state index is -0.117. The summed E-state index contributed by atoms with van der Waals surface area (Å²) in [4.78, 5) is 1.38. The summed E-state index contributed by atoms with van der Waals surface area (Å²) in [5.74, 6) is 0. The number of fused-ring (bicyclic) bond motifs is 9. The molecule has 0 fully saturated rings. The van der Waals surface area contributed by atoms with Crippen LogP contribution < -0.4 is 0 Å². The third kappa shape index (κ3) is 4.17. The van der Waals surface area contributed by atoms with Gasteiger partial charge in [0.15, 0.2) is 0 Å². The molecule has 240 valence electrons. The van der Waals surface area contributed by atoms with Crippen molar-refractivity contribution in [1.29, 1.82) is 0 Å². The summed E-state index contributed by atoms with van der Waals surface area (Å²) >= 11 is 1.91. The molecule has 0 bridgehead atoms. The fraction of sp³-hybridized carbons (Fsp3) is 0.143. The summed E-state index contributed by atoms with van der Waals surface area (Å²) in [6, 6.07) is 42.2. The van der Waals surface area contributed by atoms with Crippen molar-refractivity contribution >= 4 is 65.9 Å². The molecule has 0 atom stereocenters. The van der Waals surface area contributed by atoms with Crippen molar-refractivity contribution in [3.8, 4) is 33.4 Å². The van der Waals surface area contributed by atoms with Crippen LogP contribution in [0.3, 0.4) is 0 Å². The van der Waals surface area contributed by atoms with E-state index in [1.54, 1.807) is 0 Å². The first-order valence-corrected chi connectivity index (χ1v) is 18.8. The van der Waals surface area contributed by atoms with Crippen LogP contribution in [-0.2, 0) is 11.8 Å². The second-order valence-electron chi connectivity index (χ2n) is 14.7. The quantitative estimate of drug-likeness (QED) is 0.166. The lowest BCUT2D eigenvalue weighted by molar-refractivity contribution is 0.661. The molecular formula is C49H38S. The molecule has 0 amide bonds. The van der Waals surface area contributed by atoms with Gasteiger partial charge in [-0.3, -0.25) is 0 Å². The Balaban J connectivity index is 1.20. The van der Waals surface area contributed by atoms with Gasteiger partial charge in [-0.25, -0.2) is 0 Å². The standard InChI is InChI=1S/C49H38S/c1-5-12-35-29(2)50-45-28-41-32(26-42(35)45)22-24-43-48(41)40-23-21-34(27-44(40)49(43,3)4)47-38-17-10-8-15-36(38)46(37-16-9-11-18-39(37)47)33-20-19-30-13-6-7-14-31(30)25-33/h5-6,8-13,15-28H,7,14H2,1-4H3/b12-5-. The number of hydrogen-bond donors (Lipinski definition) is 0. The lowest BCUT2D eigenvalue weighted by Crippen LogP contribution is -2.15. The van der Waals surface area contributed by atoms with Gasteiger partial charge in [0.1, 0.15) is 0 Å². The van der Waals surface area contributed by atoms with Crippen LogP contribution in [-0.4, -0.2) is 0 Å². The molecule has 2 aliphatic rings. The Hall–Kier alpha value is -5.24. The topological polar surface area (TPSA) is 0 Å². The second-order valence-corrected chi connectivity index (χ2v) is 16.0. The molecule has 0 saturated heterocycles. The van der Waals surface area contributed by atoms with E-state index >= 15 is 0 Å². The maximum Gasteiger partial charge on any atom is 0.0358 e. The number of allylic oxidation sites excluding steroid dienone is 2. The molecule has 1 heteroatoms. The van der Waals surface area contributed by atoms with E-state index in [9.17, 15) is 0 Å². The van der Waals surface area contributed by atoms with Gasteiger partial charge < -0.3 is 0 Å². The third-order valence-corrected chi connectivity index (χ3v) is 12.6. The Bertz CT molecular complexity index is 2740. The average Bonchev–Trinajstić information content (AvgIpc) is 3.57. The number of rotatable bonds is 3. The molecule has 1 aromatic heterocycles. The highest BCUT2D eigenvalue weighted by Gasteiger charge is 2.37. The predicted octanol–water partition coefficient (Wildman–Crippen LogP) is 14.3. The Labute approximate surface area is 298 Å². The molecule has 50 heavy (non-hydrogen) atoms. The molecular weight excluding hydrogens is 621 g/mol. The molecule has 8 aromatic rings. The van der Waals surface area contributed by atoms with E-state index in [-0.39, 0.29) is 5.41 Å². The summed E-state index contributed by atoms with van der Waals surface area (Å²) in [5.41, 5.74) is 14.9. The Morgan fingerprint density at radius 2 is 1.32 bits per heavy atom. The highest BCUT2D eigenvalue weighted by molar-refractivity contribution is 7.19. The Morgan fingerprint density at radius 3 is 2.02 bits per heavy atom. The predicted molar refractivity (Wildman–Crippen MR) is 220 cm³/mol. The molecule has 7 aromatic carbocycles. The van der Waals surface area contributed by atoms with E-state index in [1.807, 2.05) is 11.3 Å². The van der Waals surface area contributed by atoms with Gasteiger partial charge in [0.2, 0.25) is 0 Å². The minimum absolute atomic E-state index is 0.117. The van der Waals surface area contributed by atoms with E-state index in [2.05, 4.69) is 161 Å². The highest BCUT2D eigenvalue weighted by Crippen LogP contribution is 2.54. The van der Waals surface area contributed by atoms with E-state index in [1.165, 1.54) is 108 Å². The maximum absolute atomic E-state index is 2.51. The molecule has 1 heterocycles. The summed E-state index contributed by atoms with van der Waals surface area (Å²) < 4.78 is 1.37. The normalized spacial score (nSPS) is 14.6. The van der Waals surface area contributed by atoms with Crippen molar-refractivity contribution in [2.24, 2.45) is 0 Å². The van der Waals surface area contributed by atoms with E-state index in [4.69, 9.17) is 0 Å². The van der Waals surface area contributed by atoms with Crippen molar-refractivity contribution in [3.05, 3.63) is 154 Å². The largest absolute Gasteiger partial charge is 0.140 e. The fourth-order valence-electron chi connectivity index (χ4n) is 9.16. The number of aryl methyl sites for hydroxylation is 2. The minimum Gasteiger partial charge on any atom is -0.140 e. The van der Waals surface area contributed by atoms with Gasteiger partial charge in [-0.05, 0) is 138 Å². The lowest BCUT2D eigenvalue weighted by Gasteiger charge is -2.23. The third-order valence-electron chi connectivity index (χ3n) is 11.6. The van der Waals surface area contributed by atoms with Crippen LogP contribution in [0.25, 0.3) is 87.9 Å². The van der Waals surface area contributed by atoms with Crippen LogP contribution in [0.5, 0.6) is 0 Å². The zero-order valence-corrected chi connectivity index (χ0v) is 29.8. The van der Waals surface area contributed by atoms with Crippen LogP contribution in [0.2, 0.25) is 0 Å². The van der Waals surface area contributed by atoms with Crippen LogP contribution in [0.1, 0.15) is 59.9 Å². The zero-order valence-electron chi connectivity index (χ0n) is 29.0. The molecule has 10 rings (SSSR count). The van der Waals surface area contributed by atoms with Gasteiger partial charge in [-0.2, -0.15) is 0 Å². The molecule has 0 spiro atoms. The zero-order chi connectivity index (χ0) is 33.7. The molecule has 0 nitrogen and oxygen atoms in total. The first-order chi connectivity index (χ1) is 24.4. The molecule has 0 unspecified atom stereocenters. The van der Waals surface area contributed by atoms with Gasteiger partial charge in [0.05, 0.1) is 0 Å². The summed E-state index contributed by atoms with van der Waals surface area (Å²) in [6.45, 7) is 9.18. The molecule has 0 saturated carbocycles. The summed E-state index contributed by atoms with van der Waals surface area (Å²) in [6.07, 6.45) is 11.2. The van der Waals surface area contributed by atoms with E-state index in [0.717, 1.165) is 12.8 Å². The Morgan fingerprint density at radius 1 is 0.640 bits per heavy atom. The molecule has 2 aliphatic carbocycles. The fourth-order valence-corrected chi connectivity index (χ4v) is 10.2. The van der Waals surface area contributed by atoms with Crippen LogP contribution >= 0.6 is 11.3 Å². The van der Waals surface area contributed by atoms with Crippen molar-refractivity contribution in [2.45, 2.75) is 46.0 Å². The van der Waals surface area contributed by atoms with Gasteiger partial charge in [0.25, 0.3) is 0 Å². The Kier molecular flexibility index (Phi) is 6.45. The maximum atomic E-state index is 2.51. The van der Waals surface area contributed by atoms with Crippen LogP contribution in [0.15, 0.2) is 121 Å². The van der Waals surface area contributed by atoms with Crippen LogP contribution in [0, 0.1) is 6.92 Å². The van der Waals surface area contributed by atoms with Crippen molar-refractivity contribution in [2.75, 3.05) is 0 Å². The number of thiophene rings is 1. The molecule has 0 N–H and O–H groups in total. The smallest absolute Gasteiger partial charge is 0.0358 e. The van der Waals surface area contributed by atoms with Gasteiger partial charge in [0, 0.05) is 20.4 Å². The number of benzene rings is 7.